The molecule has 1 atom stereocenters. The Morgan fingerprint density at radius 2 is 1.94 bits per heavy atom. The molecule has 0 spiro atoms. The number of ether oxygens (including phenoxy) is 1. The lowest BCUT2D eigenvalue weighted by Gasteiger charge is -2.27. The number of anilines is 3. The third-order valence-electron chi connectivity index (χ3n) is 5.79. The zero-order valence-electron chi connectivity index (χ0n) is 19.1. The number of aromatic nitrogens is 1. The van der Waals surface area contributed by atoms with Gasteiger partial charge in [0.15, 0.2) is 6.10 Å². The van der Waals surface area contributed by atoms with Crippen molar-refractivity contribution in [1.29, 1.82) is 0 Å². The molecule has 1 aliphatic heterocycles. The Labute approximate surface area is 193 Å². The highest BCUT2D eigenvalue weighted by Gasteiger charge is 2.23. The summed E-state index contributed by atoms with van der Waals surface area (Å²) >= 11 is 0. The highest BCUT2D eigenvalue weighted by Crippen LogP contribution is 2.27. The molecular formula is C26H30N4O3. The molecule has 0 radical (unpaired) electrons. The van der Waals surface area contributed by atoms with Crippen molar-refractivity contribution in [2.24, 2.45) is 5.92 Å². The fourth-order valence-corrected chi connectivity index (χ4v) is 4.07. The first-order chi connectivity index (χ1) is 15.9. The van der Waals surface area contributed by atoms with Crippen LogP contribution in [0.25, 0.3) is 10.8 Å². The first-order valence-electron chi connectivity index (χ1n) is 11.4. The number of rotatable bonds is 7. The molecule has 7 heteroatoms. The van der Waals surface area contributed by atoms with Crippen molar-refractivity contribution >= 4 is 39.8 Å². The van der Waals surface area contributed by atoms with E-state index in [2.05, 4.69) is 24.1 Å². The van der Waals surface area contributed by atoms with Crippen molar-refractivity contribution < 1.29 is 14.3 Å². The van der Waals surface area contributed by atoms with E-state index in [1.807, 2.05) is 48.5 Å². The molecule has 2 heterocycles. The lowest BCUT2D eigenvalue weighted by atomic mass is 10.0. The van der Waals surface area contributed by atoms with E-state index >= 15 is 0 Å². The molecule has 1 unspecified atom stereocenters. The number of nitrogens with two attached hydrogens (primary N) is 1. The topological polar surface area (TPSA) is 97.6 Å². The molecule has 33 heavy (non-hydrogen) atoms. The number of fused-ring (bicyclic) bond motifs is 1. The third kappa shape index (κ3) is 5.42. The Kier molecular flexibility index (Phi) is 6.77. The van der Waals surface area contributed by atoms with Crippen LogP contribution < -0.4 is 20.7 Å². The lowest BCUT2D eigenvalue weighted by molar-refractivity contribution is -0.123. The van der Waals surface area contributed by atoms with Crippen molar-refractivity contribution in [3.05, 3.63) is 54.7 Å². The van der Waals surface area contributed by atoms with Gasteiger partial charge in [0.2, 0.25) is 5.91 Å². The number of pyridine rings is 1. The number of amides is 2. The minimum Gasteiger partial charge on any atom is -0.481 e. The van der Waals surface area contributed by atoms with Gasteiger partial charge in [0, 0.05) is 35.9 Å². The molecule has 7 nitrogen and oxygen atoms in total. The van der Waals surface area contributed by atoms with Gasteiger partial charge < -0.3 is 20.7 Å². The highest BCUT2D eigenvalue weighted by molar-refractivity contribution is 5.96. The van der Waals surface area contributed by atoms with Crippen LogP contribution in [0.1, 0.15) is 39.5 Å². The fraction of sp³-hybridized carbons (Fsp3) is 0.346. The van der Waals surface area contributed by atoms with Gasteiger partial charge in [0.25, 0.3) is 5.91 Å². The predicted octanol–water partition coefficient (Wildman–Crippen LogP) is 4.77. The summed E-state index contributed by atoms with van der Waals surface area (Å²) in [6.07, 6.45) is 4.11. The second-order valence-electron chi connectivity index (χ2n) is 8.85. The summed E-state index contributed by atoms with van der Waals surface area (Å²) in [6.45, 7) is 4.84. The van der Waals surface area contributed by atoms with Crippen LogP contribution in [0.3, 0.4) is 0 Å². The number of carbonyl (C=O) groups is 2. The first-order valence-corrected chi connectivity index (χ1v) is 11.4. The number of nitrogens with one attached hydrogen (secondary N) is 1. The van der Waals surface area contributed by atoms with Crippen LogP contribution in [0.2, 0.25) is 0 Å². The first kappa shape index (κ1) is 22.6. The Balaban J connectivity index is 1.47. The molecule has 3 aromatic rings. The molecule has 1 saturated heterocycles. The number of piperidine rings is 1. The van der Waals surface area contributed by atoms with E-state index in [0.717, 1.165) is 35.8 Å². The van der Waals surface area contributed by atoms with E-state index in [0.29, 0.717) is 30.1 Å². The van der Waals surface area contributed by atoms with E-state index < -0.39 is 6.10 Å². The number of hydrogen-bond acceptors (Lipinski definition) is 5. The Morgan fingerprint density at radius 1 is 1.15 bits per heavy atom. The van der Waals surface area contributed by atoms with Crippen molar-refractivity contribution in [3.63, 3.8) is 0 Å². The largest absolute Gasteiger partial charge is 0.481 e. The Morgan fingerprint density at radius 3 is 2.67 bits per heavy atom. The molecule has 4 rings (SSSR count). The minimum atomic E-state index is -0.663. The normalized spacial score (nSPS) is 15.0. The van der Waals surface area contributed by atoms with Crippen LogP contribution in [-0.4, -0.2) is 29.4 Å². The van der Waals surface area contributed by atoms with Gasteiger partial charge in [0.05, 0.1) is 0 Å². The third-order valence-corrected chi connectivity index (χ3v) is 5.79. The molecule has 0 saturated carbocycles. The van der Waals surface area contributed by atoms with Gasteiger partial charge in [-0.25, -0.2) is 4.98 Å². The van der Waals surface area contributed by atoms with Crippen LogP contribution in [0.5, 0.6) is 5.75 Å². The summed E-state index contributed by atoms with van der Waals surface area (Å²) < 4.78 is 6.11. The molecule has 3 N–H and O–H groups in total. The van der Waals surface area contributed by atoms with Crippen molar-refractivity contribution in [1.82, 2.24) is 4.98 Å². The van der Waals surface area contributed by atoms with E-state index in [4.69, 9.17) is 10.5 Å². The minimum absolute atomic E-state index is 0.148. The van der Waals surface area contributed by atoms with Crippen molar-refractivity contribution in [3.8, 4) is 5.75 Å². The highest BCUT2D eigenvalue weighted by atomic mass is 16.5. The average Bonchev–Trinajstić information content (AvgIpc) is 2.80. The standard InChI is InChI=1S/C26H30N4O3/c1-17(2)15-23(33-21-11-6-18-12-13-28-25(27)22(18)16-21)26(32)29-19-7-9-20(10-8-19)30-14-4-3-5-24(30)31/h6-13,16-17,23H,3-5,14-15H2,1-2H3,(H2,27,28)(H,29,32). The number of nitrogen functional groups attached to an aromatic ring is 1. The maximum Gasteiger partial charge on any atom is 0.265 e. The second-order valence-corrected chi connectivity index (χ2v) is 8.85. The van der Waals surface area contributed by atoms with Gasteiger partial charge in [-0.3, -0.25) is 9.59 Å². The number of carbonyl (C=O) groups excluding carboxylic acids is 2. The van der Waals surface area contributed by atoms with Crippen LogP contribution in [-0.2, 0) is 9.59 Å². The quantitative estimate of drug-likeness (QED) is 0.545. The van der Waals surface area contributed by atoms with E-state index in [1.54, 1.807) is 11.1 Å². The monoisotopic (exact) mass is 446 g/mol. The molecule has 0 bridgehead atoms. The van der Waals surface area contributed by atoms with Gasteiger partial charge >= 0.3 is 0 Å². The second kappa shape index (κ2) is 9.90. The Bertz CT molecular complexity index is 1140. The van der Waals surface area contributed by atoms with Crippen LogP contribution >= 0.6 is 0 Å². The van der Waals surface area contributed by atoms with Crippen LogP contribution in [0.4, 0.5) is 17.2 Å². The summed E-state index contributed by atoms with van der Waals surface area (Å²) in [5.41, 5.74) is 7.52. The smallest absolute Gasteiger partial charge is 0.265 e. The zero-order chi connectivity index (χ0) is 23.4. The maximum absolute atomic E-state index is 13.1. The van der Waals surface area contributed by atoms with Crippen molar-refractivity contribution in [2.45, 2.75) is 45.6 Å². The predicted molar refractivity (Wildman–Crippen MR) is 131 cm³/mol. The Hall–Kier alpha value is -3.61. The van der Waals surface area contributed by atoms with Gasteiger partial charge in [-0.2, -0.15) is 0 Å². The van der Waals surface area contributed by atoms with Crippen LogP contribution in [0.15, 0.2) is 54.7 Å². The van der Waals surface area contributed by atoms with Crippen molar-refractivity contribution in [2.75, 3.05) is 22.5 Å². The summed E-state index contributed by atoms with van der Waals surface area (Å²) in [5.74, 6) is 1.19. The molecule has 172 valence electrons. The molecule has 2 aromatic carbocycles. The number of nitrogens with zero attached hydrogens (tertiary/aromatic N) is 2. The van der Waals surface area contributed by atoms with E-state index in [-0.39, 0.29) is 17.7 Å². The van der Waals surface area contributed by atoms with E-state index in [9.17, 15) is 9.59 Å². The zero-order valence-corrected chi connectivity index (χ0v) is 19.1. The number of benzene rings is 2. The van der Waals surface area contributed by atoms with Gasteiger partial charge in [-0.15, -0.1) is 0 Å². The summed E-state index contributed by atoms with van der Waals surface area (Å²) in [7, 11) is 0. The average molecular weight is 447 g/mol. The molecule has 1 aromatic heterocycles. The lowest BCUT2D eigenvalue weighted by Crippen LogP contribution is -2.35. The van der Waals surface area contributed by atoms with E-state index in [1.165, 1.54) is 0 Å². The van der Waals surface area contributed by atoms with Gasteiger partial charge in [-0.05, 0) is 73.0 Å². The number of hydrogen-bond donors (Lipinski definition) is 2. The maximum atomic E-state index is 13.1. The molecule has 1 fully saturated rings. The molecular weight excluding hydrogens is 416 g/mol. The van der Waals surface area contributed by atoms with Gasteiger partial charge in [0.1, 0.15) is 11.6 Å². The SMILES string of the molecule is CC(C)CC(Oc1ccc2ccnc(N)c2c1)C(=O)Nc1ccc(N2CCCCC2=O)cc1. The van der Waals surface area contributed by atoms with Crippen LogP contribution in [0, 0.1) is 5.92 Å². The summed E-state index contributed by atoms with van der Waals surface area (Å²) in [6, 6.07) is 14.8. The summed E-state index contributed by atoms with van der Waals surface area (Å²) in [4.78, 5) is 31.2. The fourth-order valence-electron chi connectivity index (χ4n) is 4.07. The molecule has 0 aliphatic carbocycles. The molecule has 2 amide bonds. The van der Waals surface area contributed by atoms with Gasteiger partial charge in [-0.1, -0.05) is 19.9 Å². The molecule has 1 aliphatic rings. The summed E-state index contributed by atoms with van der Waals surface area (Å²) in [5, 5.41) is 4.71.